The Bertz CT molecular complexity index is 541. The highest BCUT2D eigenvalue weighted by Gasteiger charge is 2.12. The topological polar surface area (TPSA) is 30.9 Å². The highest BCUT2D eigenvalue weighted by molar-refractivity contribution is 5.84. The first-order valence-corrected chi connectivity index (χ1v) is 8.56. The van der Waals surface area contributed by atoms with E-state index in [0.717, 1.165) is 31.8 Å². The Morgan fingerprint density at radius 1 is 1.14 bits per heavy atom. The van der Waals surface area contributed by atoms with Crippen LogP contribution in [0.1, 0.15) is 51.5 Å². The van der Waals surface area contributed by atoms with Crippen LogP contribution in [-0.4, -0.2) is 11.1 Å². The first kappa shape index (κ1) is 16.1. The molecule has 21 heavy (non-hydrogen) atoms. The van der Waals surface area contributed by atoms with Gasteiger partial charge in [-0.3, -0.25) is 0 Å². The van der Waals surface area contributed by atoms with E-state index in [4.69, 9.17) is 5.73 Å². The molecule has 2 N–H and O–H groups in total. The number of nitrogens with zero attached hydrogens (tertiary/aromatic N) is 1. The van der Waals surface area contributed by atoms with Gasteiger partial charge in [0.15, 0.2) is 0 Å². The van der Waals surface area contributed by atoms with E-state index >= 15 is 0 Å². The molecule has 1 aromatic heterocycles. The minimum absolute atomic E-state index is 0.771. The van der Waals surface area contributed by atoms with Crippen molar-refractivity contribution in [2.24, 2.45) is 11.7 Å². The second-order valence-electron chi connectivity index (χ2n) is 6.13. The number of nitrogens with two attached hydrogens (primary N) is 1. The van der Waals surface area contributed by atoms with Gasteiger partial charge < -0.3 is 10.3 Å². The summed E-state index contributed by atoms with van der Waals surface area (Å²) in [6.45, 7) is 6.53. The van der Waals surface area contributed by atoms with Gasteiger partial charge in [-0.2, -0.15) is 0 Å². The van der Waals surface area contributed by atoms with Crippen LogP contribution in [0, 0.1) is 5.92 Å². The zero-order chi connectivity index (χ0) is 15.1. The Labute approximate surface area is 129 Å². The lowest BCUT2D eigenvalue weighted by molar-refractivity contribution is 0.396. The van der Waals surface area contributed by atoms with Gasteiger partial charge in [0.2, 0.25) is 0 Å². The van der Waals surface area contributed by atoms with Gasteiger partial charge in [0.1, 0.15) is 0 Å². The smallest absolute Gasteiger partial charge is 0.0483 e. The van der Waals surface area contributed by atoms with Gasteiger partial charge in [-0.25, -0.2) is 0 Å². The van der Waals surface area contributed by atoms with E-state index in [1.807, 2.05) is 0 Å². The van der Waals surface area contributed by atoms with Crippen LogP contribution in [-0.2, 0) is 13.0 Å². The Morgan fingerprint density at radius 2 is 1.95 bits per heavy atom. The molecule has 1 aromatic carbocycles. The molecule has 0 aliphatic rings. The van der Waals surface area contributed by atoms with Crippen molar-refractivity contribution in [3.8, 4) is 0 Å². The largest absolute Gasteiger partial charge is 0.347 e. The molecular formula is C19H30N2. The number of unbranched alkanes of at least 4 members (excludes halogenated alkanes) is 1. The van der Waals surface area contributed by atoms with Crippen LogP contribution in [0.15, 0.2) is 30.5 Å². The maximum atomic E-state index is 5.68. The monoisotopic (exact) mass is 286 g/mol. The van der Waals surface area contributed by atoms with E-state index in [9.17, 15) is 0 Å². The first-order valence-electron chi connectivity index (χ1n) is 8.56. The molecule has 1 heterocycles. The Morgan fingerprint density at radius 3 is 2.67 bits per heavy atom. The molecule has 1 atom stereocenters. The molecule has 0 fully saturated rings. The highest BCUT2D eigenvalue weighted by Crippen LogP contribution is 2.25. The Kier molecular flexibility index (Phi) is 6.31. The summed E-state index contributed by atoms with van der Waals surface area (Å²) in [7, 11) is 0. The van der Waals surface area contributed by atoms with Gasteiger partial charge in [0, 0.05) is 23.6 Å². The molecular weight excluding hydrogens is 256 g/mol. The van der Waals surface area contributed by atoms with Crippen molar-refractivity contribution in [2.45, 2.75) is 58.9 Å². The van der Waals surface area contributed by atoms with E-state index < -0.39 is 0 Å². The molecule has 0 saturated heterocycles. The fourth-order valence-corrected chi connectivity index (χ4v) is 3.16. The second-order valence-corrected chi connectivity index (χ2v) is 6.13. The molecule has 0 saturated carbocycles. The van der Waals surface area contributed by atoms with Crippen molar-refractivity contribution in [3.63, 3.8) is 0 Å². The van der Waals surface area contributed by atoms with E-state index in [2.05, 4.69) is 48.9 Å². The molecule has 116 valence electrons. The molecule has 0 bridgehead atoms. The minimum Gasteiger partial charge on any atom is -0.347 e. The average molecular weight is 286 g/mol. The number of aromatic nitrogens is 1. The number of fused-ring (bicyclic) bond motifs is 1. The van der Waals surface area contributed by atoms with Crippen LogP contribution in [0.2, 0.25) is 0 Å². The lowest BCUT2D eigenvalue weighted by atomic mass is 9.99. The normalized spacial score (nSPS) is 12.9. The molecule has 2 aromatic rings. The van der Waals surface area contributed by atoms with E-state index in [1.54, 1.807) is 0 Å². The SMILES string of the molecule is CCCCC(CC)Cn1cc(CCCN)c2ccccc21. The molecule has 2 rings (SSSR count). The van der Waals surface area contributed by atoms with E-state index in [1.165, 1.54) is 42.1 Å². The molecule has 0 spiro atoms. The number of hydrogen-bond acceptors (Lipinski definition) is 1. The fraction of sp³-hybridized carbons (Fsp3) is 0.579. The van der Waals surface area contributed by atoms with Gasteiger partial charge in [-0.15, -0.1) is 0 Å². The Hall–Kier alpha value is -1.28. The number of rotatable bonds is 9. The number of aryl methyl sites for hydroxylation is 1. The number of benzene rings is 1. The predicted molar refractivity (Wildman–Crippen MR) is 92.6 cm³/mol. The summed E-state index contributed by atoms with van der Waals surface area (Å²) in [5, 5.41) is 1.41. The zero-order valence-corrected chi connectivity index (χ0v) is 13.6. The summed E-state index contributed by atoms with van der Waals surface area (Å²) in [5.41, 5.74) is 8.53. The van der Waals surface area contributed by atoms with Crippen LogP contribution in [0.3, 0.4) is 0 Å². The lowest BCUT2D eigenvalue weighted by Crippen LogP contribution is -2.09. The van der Waals surface area contributed by atoms with Gasteiger partial charge in [0.05, 0.1) is 0 Å². The first-order chi connectivity index (χ1) is 10.3. The van der Waals surface area contributed by atoms with E-state index in [-0.39, 0.29) is 0 Å². The van der Waals surface area contributed by atoms with Gasteiger partial charge in [-0.05, 0) is 43.4 Å². The van der Waals surface area contributed by atoms with Crippen LogP contribution in [0.4, 0.5) is 0 Å². The van der Waals surface area contributed by atoms with Crippen molar-refractivity contribution in [1.82, 2.24) is 4.57 Å². The molecule has 1 unspecified atom stereocenters. The van der Waals surface area contributed by atoms with Gasteiger partial charge >= 0.3 is 0 Å². The molecule has 0 aliphatic heterocycles. The third-order valence-electron chi connectivity index (χ3n) is 4.52. The van der Waals surface area contributed by atoms with Crippen molar-refractivity contribution < 1.29 is 0 Å². The third-order valence-corrected chi connectivity index (χ3v) is 4.52. The van der Waals surface area contributed by atoms with Crippen LogP contribution in [0.25, 0.3) is 10.9 Å². The van der Waals surface area contributed by atoms with Crippen molar-refractivity contribution in [3.05, 3.63) is 36.0 Å². The maximum absolute atomic E-state index is 5.68. The maximum Gasteiger partial charge on any atom is 0.0483 e. The van der Waals surface area contributed by atoms with Crippen LogP contribution >= 0.6 is 0 Å². The van der Waals surface area contributed by atoms with Crippen LogP contribution in [0.5, 0.6) is 0 Å². The van der Waals surface area contributed by atoms with Gasteiger partial charge in [-0.1, -0.05) is 51.3 Å². The van der Waals surface area contributed by atoms with Crippen molar-refractivity contribution in [1.29, 1.82) is 0 Å². The third kappa shape index (κ3) is 4.10. The summed E-state index contributed by atoms with van der Waals surface area (Å²) >= 11 is 0. The molecule has 0 radical (unpaired) electrons. The zero-order valence-electron chi connectivity index (χ0n) is 13.6. The molecule has 0 aliphatic carbocycles. The average Bonchev–Trinajstić information content (AvgIpc) is 2.87. The lowest BCUT2D eigenvalue weighted by Gasteiger charge is -2.16. The predicted octanol–water partition coefficient (Wildman–Crippen LogP) is 4.75. The van der Waals surface area contributed by atoms with Gasteiger partial charge in [0.25, 0.3) is 0 Å². The number of hydrogen-bond donors (Lipinski definition) is 1. The quantitative estimate of drug-likeness (QED) is 0.708. The summed E-state index contributed by atoms with van der Waals surface area (Å²) in [6.07, 6.45) is 9.79. The summed E-state index contributed by atoms with van der Waals surface area (Å²) in [6, 6.07) is 8.81. The summed E-state index contributed by atoms with van der Waals surface area (Å²) < 4.78 is 2.48. The molecule has 0 amide bonds. The summed E-state index contributed by atoms with van der Waals surface area (Å²) in [5.74, 6) is 0.795. The Balaban J connectivity index is 2.22. The van der Waals surface area contributed by atoms with E-state index in [0.29, 0.717) is 0 Å². The molecule has 2 nitrogen and oxygen atoms in total. The van der Waals surface area contributed by atoms with Crippen molar-refractivity contribution >= 4 is 10.9 Å². The summed E-state index contributed by atoms with van der Waals surface area (Å²) in [4.78, 5) is 0. The number of para-hydroxylation sites is 1. The fourth-order valence-electron chi connectivity index (χ4n) is 3.16. The minimum atomic E-state index is 0.771. The highest BCUT2D eigenvalue weighted by atomic mass is 15.0. The molecule has 2 heteroatoms. The standard InChI is InChI=1S/C19H30N2/c1-3-5-9-16(4-2)14-21-15-17(10-8-13-20)18-11-6-7-12-19(18)21/h6-7,11-12,15-16H,3-5,8-10,13-14,20H2,1-2H3. The van der Waals surface area contributed by atoms with Crippen LogP contribution < -0.4 is 5.73 Å². The second kappa shape index (κ2) is 8.23. The van der Waals surface area contributed by atoms with Crippen molar-refractivity contribution in [2.75, 3.05) is 6.54 Å².